The fourth-order valence-electron chi connectivity index (χ4n) is 1.47. The molecule has 0 aromatic heterocycles. The van der Waals surface area contributed by atoms with Crippen molar-refractivity contribution in [3.8, 4) is 0 Å². The lowest BCUT2D eigenvalue weighted by molar-refractivity contribution is -0.384. The van der Waals surface area contributed by atoms with Crippen LogP contribution in [0.1, 0.15) is 17.2 Å². The average molecular weight is 284 g/mol. The van der Waals surface area contributed by atoms with Crippen molar-refractivity contribution in [3.05, 3.63) is 39.4 Å². The Balaban J connectivity index is 2.58. The van der Waals surface area contributed by atoms with Gasteiger partial charge < -0.3 is 4.79 Å². The van der Waals surface area contributed by atoms with E-state index in [1.54, 1.807) is 6.07 Å². The molecule has 1 unspecified atom stereocenters. The minimum Gasteiger partial charge on any atom is -0.301 e. The van der Waals surface area contributed by atoms with Crippen LogP contribution in [0.2, 0.25) is 0 Å². The molecule has 2 rings (SSSR count). The van der Waals surface area contributed by atoms with E-state index >= 15 is 0 Å². The molecule has 1 N–H and O–H groups in total. The van der Waals surface area contributed by atoms with Crippen molar-refractivity contribution in [1.82, 2.24) is 5.43 Å². The first-order valence-corrected chi connectivity index (χ1v) is 5.15. The topological polar surface area (TPSA) is 84.6 Å². The summed E-state index contributed by atoms with van der Waals surface area (Å²) in [5, 5.41) is 14.5. The lowest BCUT2D eigenvalue weighted by Gasteiger charge is -2.19. The third-order valence-corrected chi connectivity index (χ3v) is 2.85. The molecule has 0 saturated heterocycles. The number of nitro benzene ring substituents is 1. The molecule has 7 heteroatoms. The van der Waals surface area contributed by atoms with Gasteiger partial charge in [0.25, 0.3) is 5.69 Å². The molecule has 0 saturated carbocycles. The second-order valence-electron chi connectivity index (χ2n) is 3.17. The maximum Gasteiger partial charge on any atom is 0.269 e. The highest BCUT2D eigenvalue weighted by Gasteiger charge is 2.23. The maximum atomic E-state index is 10.8. The number of nitro groups is 1. The Bertz CT molecular complexity index is 501. The summed E-state index contributed by atoms with van der Waals surface area (Å²) < 4.78 is 0.524. The smallest absolute Gasteiger partial charge is 0.269 e. The van der Waals surface area contributed by atoms with E-state index in [0.717, 1.165) is 0 Å². The molecule has 1 atom stereocenters. The molecule has 0 amide bonds. The number of benzene rings is 1. The summed E-state index contributed by atoms with van der Waals surface area (Å²) in [6, 6.07) is 3.68. The van der Waals surface area contributed by atoms with Gasteiger partial charge in [-0.2, -0.15) is 5.10 Å². The summed E-state index contributed by atoms with van der Waals surface area (Å²) in [4.78, 5) is 20.9. The van der Waals surface area contributed by atoms with Gasteiger partial charge in [-0.15, -0.1) is 0 Å². The summed E-state index contributed by atoms with van der Waals surface area (Å²) >= 11 is 3.21. The van der Waals surface area contributed by atoms with E-state index in [-0.39, 0.29) is 5.69 Å². The van der Waals surface area contributed by atoms with Gasteiger partial charge in [0.15, 0.2) is 0 Å². The first kappa shape index (κ1) is 10.7. The quantitative estimate of drug-likeness (QED) is 0.506. The summed E-state index contributed by atoms with van der Waals surface area (Å²) in [6.45, 7) is 0. The van der Waals surface area contributed by atoms with Gasteiger partial charge >= 0.3 is 0 Å². The number of carbonyl (C=O) groups excluding carboxylic acids is 1. The first-order valence-electron chi connectivity index (χ1n) is 4.36. The van der Waals surface area contributed by atoms with Crippen LogP contribution in [0, 0.1) is 10.1 Å². The van der Waals surface area contributed by atoms with Crippen LogP contribution in [0.4, 0.5) is 5.69 Å². The number of hydrogen-bond donors (Lipinski definition) is 1. The molecule has 0 radical (unpaired) electrons. The number of hydrogen-bond acceptors (Lipinski definition) is 5. The Morgan fingerprint density at radius 3 is 2.94 bits per heavy atom. The molecule has 0 spiro atoms. The van der Waals surface area contributed by atoms with Crippen LogP contribution in [0.15, 0.2) is 23.3 Å². The van der Waals surface area contributed by atoms with Crippen LogP contribution in [-0.2, 0) is 4.79 Å². The fourth-order valence-corrected chi connectivity index (χ4v) is 1.93. The van der Waals surface area contributed by atoms with Gasteiger partial charge in [0.1, 0.15) is 16.9 Å². The highest BCUT2D eigenvalue weighted by Crippen LogP contribution is 2.27. The summed E-state index contributed by atoms with van der Waals surface area (Å²) in [7, 11) is 0. The molecule has 1 aromatic carbocycles. The molecule has 16 heavy (non-hydrogen) atoms. The van der Waals surface area contributed by atoms with E-state index in [9.17, 15) is 14.9 Å². The van der Waals surface area contributed by atoms with Gasteiger partial charge in [0, 0.05) is 17.7 Å². The van der Waals surface area contributed by atoms with Gasteiger partial charge in [-0.25, -0.2) is 0 Å². The molecular formula is C9H6BrN3O3. The number of rotatable bonds is 2. The van der Waals surface area contributed by atoms with Crippen molar-refractivity contribution in [2.45, 2.75) is 6.04 Å². The highest BCUT2D eigenvalue weighted by molar-refractivity contribution is 9.18. The second kappa shape index (κ2) is 4.01. The van der Waals surface area contributed by atoms with Crippen molar-refractivity contribution in [2.24, 2.45) is 5.10 Å². The monoisotopic (exact) mass is 283 g/mol. The standard InChI is InChI=1S/C9H6BrN3O3/c10-9-6-2-1-5(13(15)16)3-7(6)8(4-14)11-12-9/h1-4,8,11H. The molecule has 0 aliphatic carbocycles. The normalized spacial score (nSPS) is 18.1. The maximum absolute atomic E-state index is 10.8. The van der Waals surface area contributed by atoms with E-state index in [0.29, 0.717) is 22.0 Å². The summed E-state index contributed by atoms with van der Waals surface area (Å²) in [5.74, 6) is 0. The zero-order valence-electron chi connectivity index (χ0n) is 7.88. The van der Waals surface area contributed by atoms with E-state index in [2.05, 4.69) is 26.5 Å². The minimum atomic E-state index is -0.642. The fraction of sp³-hybridized carbons (Fsp3) is 0.111. The Kier molecular flexibility index (Phi) is 2.69. The molecule has 1 aliphatic heterocycles. The van der Waals surface area contributed by atoms with Crippen LogP contribution in [-0.4, -0.2) is 15.8 Å². The van der Waals surface area contributed by atoms with Crippen molar-refractivity contribution in [2.75, 3.05) is 0 Å². The lowest BCUT2D eigenvalue weighted by Crippen LogP contribution is -2.25. The molecule has 0 bridgehead atoms. The van der Waals surface area contributed by atoms with Crippen LogP contribution in [0.3, 0.4) is 0 Å². The van der Waals surface area contributed by atoms with Gasteiger partial charge in [0.2, 0.25) is 0 Å². The second-order valence-corrected chi connectivity index (χ2v) is 3.93. The van der Waals surface area contributed by atoms with Crippen LogP contribution in [0.5, 0.6) is 0 Å². The number of halogens is 1. The SMILES string of the molecule is O=CC1NN=C(Br)c2ccc([N+](=O)[O-])cc21. The third kappa shape index (κ3) is 1.69. The number of nitrogens with zero attached hydrogens (tertiary/aromatic N) is 2. The lowest BCUT2D eigenvalue weighted by atomic mass is 10.0. The van der Waals surface area contributed by atoms with Crippen LogP contribution in [0.25, 0.3) is 0 Å². The summed E-state index contributed by atoms with van der Waals surface area (Å²) in [5.41, 5.74) is 3.77. The van der Waals surface area contributed by atoms with E-state index < -0.39 is 11.0 Å². The molecule has 1 aromatic rings. The van der Waals surface area contributed by atoms with Crippen molar-refractivity contribution in [3.63, 3.8) is 0 Å². The first-order chi connectivity index (χ1) is 7.63. The molecule has 82 valence electrons. The highest BCUT2D eigenvalue weighted by atomic mass is 79.9. The zero-order valence-corrected chi connectivity index (χ0v) is 9.47. The number of hydrazone groups is 1. The van der Waals surface area contributed by atoms with Crippen LogP contribution < -0.4 is 5.43 Å². The number of aldehydes is 1. The van der Waals surface area contributed by atoms with E-state index in [1.165, 1.54) is 12.1 Å². The average Bonchev–Trinajstić information content (AvgIpc) is 2.29. The molecule has 1 aliphatic rings. The minimum absolute atomic E-state index is 0.0467. The predicted octanol–water partition coefficient (Wildman–Crippen LogP) is 1.49. The Morgan fingerprint density at radius 2 is 2.31 bits per heavy atom. The predicted molar refractivity (Wildman–Crippen MR) is 60.5 cm³/mol. The number of carbonyl (C=O) groups is 1. The van der Waals surface area contributed by atoms with Gasteiger partial charge in [0.05, 0.1) is 4.92 Å². The molecule has 6 nitrogen and oxygen atoms in total. The Hall–Kier alpha value is -1.76. The van der Waals surface area contributed by atoms with E-state index in [1.807, 2.05) is 0 Å². The van der Waals surface area contributed by atoms with E-state index in [4.69, 9.17) is 0 Å². The number of fused-ring (bicyclic) bond motifs is 1. The van der Waals surface area contributed by atoms with Gasteiger partial charge in [-0.3, -0.25) is 15.5 Å². The third-order valence-electron chi connectivity index (χ3n) is 2.24. The van der Waals surface area contributed by atoms with Crippen molar-refractivity contribution >= 4 is 32.5 Å². The number of non-ortho nitro benzene ring substituents is 1. The van der Waals surface area contributed by atoms with Crippen molar-refractivity contribution in [1.29, 1.82) is 0 Å². The molecule has 0 fully saturated rings. The van der Waals surface area contributed by atoms with Crippen LogP contribution >= 0.6 is 15.9 Å². The van der Waals surface area contributed by atoms with Gasteiger partial charge in [-0.05, 0) is 27.6 Å². The number of nitrogens with one attached hydrogen (secondary N) is 1. The molecular weight excluding hydrogens is 278 g/mol. The van der Waals surface area contributed by atoms with Crippen molar-refractivity contribution < 1.29 is 9.72 Å². The Labute approximate surface area is 98.6 Å². The zero-order chi connectivity index (χ0) is 11.7. The largest absolute Gasteiger partial charge is 0.301 e. The van der Waals surface area contributed by atoms with Gasteiger partial charge in [-0.1, -0.05) is 0 Å². The Morgan fingerprint density at radius 1 is 1.56 bits per heavy atom. The summed E-state index contributed by atoms with van der Waals surface area (Å²) in [6.07, 6.45) is 0.658. The molecule has 1 heterocycles.